The largest absolute Gasteiger partial charge is 0.353 e. The standard InChI is InChI=1S/C22H35NO/c1-13(2)6-18-19(21(18,4)5)20(24)23-14(3)22-10-15-7-16(11-22)9-17(8-15)12-22/h6,14-19H,7-12H2,1-5H3,(H,23,24)/t14-,15?,16?,17?,18+,19-,22?/m1/s1. The Morgan fingerprint density at radius 3 is 2.00 bits per heavy atom. The number of carbonyl (C=O) groups excluding carboxylic acids is 1. The summed E-state index contributed by atoms with van der Waals surface area (Å²) in [5.41, 5.74) is 1.87. The third kappa shape index (κ3) is 2.56. The Hall–Kier alpha value is -0.790. The molecule has 0 radical (unpaired) electrons. The fraction of sp³-hybridized carbons (Fsp3) is 0.864. The summed E-state index contributed by atoms with van der Waals surface area (Å²) in [5, 5.41) is 3.49. The molecule has 0 unspecified atom stereocenters. The van der Waals surface area contributed by atoms with Gasteiger partial charge in [0.1, 0.15) is 0 Å². The van der Waals surface area contributed by atoms with Crippen LogP contribution in [0.1, 0.15) is 73.1 Å². The molecule has 2 heteroatoms. The number of hydrogen-bond donors (Lipinski definition) is 1. The number of amides is 1. The van der Waals surface area contributed by atoms with Crippen molar-refractivity contribution in [2.45, 2.75) is 79.2 Å². The van der Waals surface area contributed by atoms with Gasteiger partial charge in [-0.3, -0.25) is 4.79 Å². The van der Waals surface area contributed by atoms with Gasteiger partial charge in [-0.2, -0.15) is 0 Å². The molecule has 5 aliphatic carbocycles. The average molecular weight is 330 g/mol. The second kappa shape index (κ2) is 5.35. The van der Waals surface area contributed by atoms with Crippen molar-refractivity contribution in [1.29, 1.82) is 0 Å². The molecule has 5 rings (SSSR count). The highest BCUT2D eigenvalue weighted by atomic mass is 16.2. The first-order valence-electron chi connectivity index (χ1n) is 10.2. The Kier molecular flexibility index (Phi) is 3.72. The molecule has 0 aromatic carbocycles. The molecule has 0 aromatic heterocycles. The van der Waals surface area contributed by atoms with Gasteiger partial charge >= 0.3 is 0 Å². The minimum Gasteiger partial charge on any atom is -0.353 e. The van der Waals surface area contributed by atoms with E-state index in [9.17, 15) is 4.79 Å². The van der Waals surface area contributed by atoms with Gasteiger partial charge in [-0.05, 0) is 93.8 Å². The van der Waals surface area contributed by atoms with Crippen LogP contribution >= 0.6 is 0 Å². The summed E-state index contributed by atoms with van der Waals surface area (Å²) < 4.78 is 0. The van der Waals surface area contributed by atoms with Crippen LogP contribution in [0.25, 0.3) is 0 Å². The van der Waals surface area contributed by atoms with Crippen LogP contribution in [0.2, 0.25) is 0 Å². The molecule has 5 fully saturated rings. The van der Waals surface area contributed by atoms with Gasteiger partial charge in [0.15, 0.2) is 0 Å². The minimum absolute atomic E-state index is 0.128. The van der Waals surface area contributed by atoms with Gasteiger partial charge < -0.3 is 5.32 Å². The first-order valence-corrected chi connectivity index (χ1v) is 10.2. The van der Waals surface area contributed by atoms with Crippen LogP contribution in [0, 0.1) is 40.4 Å². The van der Waals surface area contributed by atoms with Crippen molar-refractivity contribution in [3.05, 3.63) is 11.6 Å². The van der Waals surface area contributed by atoms with E-state index in [1.165, 1.54) is 44.1 Å². The molecule has 5 aliphatic rings. The predicted molar refractivity (Wildman–Crippen MR) is 98.4 cm³/mol. The SMILES string of the molecule is CC(C)=C[C@H]1[C@H](C(=O)N[C@H](C)C23CC4CC(CC(C4)C2)C3)C1(C)C. The van der Waals surface area contributed by atoms with E-state index >= 15 is 0 Å². The Balaban J connectivity index is 1.44. The zero-order valence-corrected chi connectivity index (χ0v) is 16.2. The summed E-state index contributed by atoms with van der Waals surface area (Å²) in [6, 6.07) is 0.349. The number of hydrogen-bond acceptors (Lipinski definition) is 1. The highest BCUT2D eigenvalue weighted by molar-refractivity contribution is 5.84. The van der Waals surface area contributed by atoms with Crippen LogP contribution in [0.5, 0.6) is 0 Å². The van der Waals surface area contributed by atoms with Crippen LogP contribution in [0.3, 0.4) is 0 Å². The molecule has 0 heterocycles. The second-order valence-corrected chi connectivity index (χ2v) is 10.6. The van der Waals surface area contributed by atoms with Crippen molar-refractivity contribution in [3.8, 4) is 0 Å². The molecule has 5 saturated carbocycles. The van der Waals surface area contributed by atoms with Crippen molar-refractivity contribution < 1.29 is 4.79 Å². The Bertz CT molecular complexity index is 533. The normalized spacial score (nSPS) is 45.6. The van der Waals surface area contributed by atoms with Gasteiger partial charge in [-0.15, -0.1) is 0 Å². The fourth-order valence-corrected chi connectivity index (χ4v) is 7.01. The van der Waals surface area contributed by atoms with E-state index in [1.807, 2.05) is 0 Å². The van der Waals surface area contributed by atoms with E-state index < -0.39 is 0 Å². The smallest absolute Gasteiger partial charge is 0.224 e. The van der Waals surface area contributed by atoms with Crippen molar-refractivity contribution in [2.75, 3.05) is 0 Å². The topological polar surface area (TPSA) is 29.1 Å². The molecule has 0 aliphatic heterocycles. The molecule has 1 amide bonds. The first-order chi connectivity index (χ1) is 11.2. The summed E-state index contributed by atoms with van der Waals surface area (Å²) in [6.45, 7) is 11.1. The van der Waals surface area contributed by atoms with Crippen LogP contribution in [-0.4, -0.2) is 11.9 Å². The number of rotatable bonds is 4. The molecule has 4 bridgehead atoms. The third-order valence-electron chi connectivity index (χ3n) is 8.07. The van der Waals surface area contributed by atoms with E-state index in [1.54, 1.807) is 0 Å². The minimum atomic E-state index is 0.128. The van der Waals surface area contributed by atoms with Gasteiger partial charge in [-0.1, -0.05) is 25.5 Å². The van der Waals surface area contributed by atoms with Gasteiger partial charge in [0.25, 0.3) is 0 Å². The third-order valence-corrected chi connectivity index (χ3v) is 8.07. The Labute approximate surface area is 147 Å². The molecule has 0 aromatic rings. The van der Waals surface area contributed by atoms with E-state index in [0.29, 0.717) is 23.3 Å². The molecule has 1 N–H and O–H groups in total. The van der Waals surface area contributed by atoms with Crippen molar-refractivity contribution in [1.82, 2.24) is 5.32 Å². The van der Waals surface area contributed by atoms with Crippen LogP contribution < -0.4 is 5.32 Å². The van der Waals surface area contributed by atoms with E-state index in [-0.39, 0.29) is 11.3 Å². The molecule has 134 valence electrons. The lowest BCUT2D eigenvalue weighted by molar-refractivity contribution is -0.127. The highest BCUT2D eigenvalue weighted by Crippen LogP contribution is 2.62. The summed E-state index contributed by atoms with van der Waals surface area (Å²) in [4.78, 5) is 13.0. The number of carbonyl (C=O) groups is 1. The molecule has 0 saturated heterocycles. The molecular weight excluding hydrogens is 294 g/mol. The lowest BCUT2D eigenvalue weighted by atomic mass is 9.48. The fourth-order valence-electron chi connectivity index (χ4n) is 7.01. The molecule has 2 nitrogen and oxygen atoms in total. The zero-order chi connectivity index (χ0) is 17.3. The molecule has 24 heavy (non-hydrogen) atoms. The van der Waals surface area contributed by atoms with Crippen molar-refractivity contribution in [2.24, 2.45) is 40.4 Å². The first kappa shape index (κ1) is 16.7. The van der Waals surface area contributed by atoms with Gasteiger partial charge in [0.05, 0.1) is 5.92 Å². The van der Waals surface area contributed by atoms with Gasteiger partial charge in [0, 0.05) is 6.04 Å². The monoisotopic (exact) mass is 329 g/mol. The zero-order valence-electron chi connectivity index (χ0n) is 16.2. The molecule has 0 spiro atoms. The van der Waals surface area contributed by atoms with Gasteiger partial charge in [-0.25, -0.2) is 0 Å². The summed E-state index contributed by atoms with van der Waals surface area (Å²) in [5.74, 6) is 3.75. The Morgan fingerprint density at radius 1 is 1.04 bits per heavy atom. The lowest BCUT2D eigenvalue weighted by Crippen LogP contribution is -2.56. The van der Waals surface area contributed by atoms with Crippen molar-refractivity contribution in [3.63, 3.8) is 0 Å². The highest BCUT2D eigenvalue weighted by Gasteiger charge is 2.61. The van der Waals surface area contributed by atoms with E-state index in [4.69, 9.17) is 0 Å². The van der Waals surface area contributed by atoms with E-state index in [0.717, 1.165) is 17.8 Å². The summed E-state index contributed by atoms with van der Waals surface area (Å²) in [7, 11) is 0. The molecule has 3 atom stereocenters. The average Bonchev–Trinajstić information content (AvgIpc) is 2.97. The maximum Gasteiger partial charge on any atom is 0.224 e. The lowest BCUT2D eigenvalue weighted by Gasteiger charge is -2.59. The van der Waals surface area contributed by atoms with Crippen LogP contribution in [-0.2, 0) is 4.79 Å². The van der Waals surface area contributed by atoms with Crippen LogP contribution in [0.4, 0.5) is 0 Å². The molecular formula is C22H35NO. The maximum absolute atomic E-state index is 13.0. The summed E-state index contributed by atoms with van der Waals surface area (Å²) in [6.07, 6.45) is 10.8. The quantitative estimate of drug-likeness (QED) is 0.727. The number of allylic oxidation sites excluding steroid dienone is 2. The maximum atomic E-state index is 13.0. The van der Waals surface area contributed by atoms with E-state index in [2.05, 4.69) is 46.0 Å². The second-order valence-electron chi connectivity index (χ2n) is 10.6. The summed E-state index contributed by atoms with van der Waals surface area (Å²) >= 11 is 0. The predicted octanol–water partition coefficient (Wildman–Crippen LogP) is 4.95. The van der Waals surface area contributed by atoms with Crippen molar-refractivity contribution >= 4 is 5.91 Å². The van der Waals surface area contributed by atoms with Crippen LogP contribution in [0.15, 0.2) is 11.6 Å². The van der Waals surface area contributed by atoms with Gasteiger partial charge in [0.2, 0.25) is 5.91 Å². The Morgan fingerprint density at radius 2 is 1.54 bits per heavy atom. The number of nitrogens with one attached hydrogen (secondary N) is 1.